The van der Waals surface area contributed by atoms with E-state index in [1.54, 1.807) is 0 Å². The first-order valence-corrected chi connectivity index (χ1v) is 10.6. The van der Waals surface area contributed by atoms with Crippen molar-refractivity contribution in [1.29, 1.82) is 0 Å². The van der Waals surface area contributed by atoms with Gasteiger partial charge in [0.1, 0.15) is 0 Å². The molecule has 0 aromatic heterocycles. The van der Waals surface area contributed by atoms with Gasteiger partial charge in [-0.2, -0.15) is 0 Å². The molecule has 3 heteroatoms. The second kappa shape index (κ2) is 10.1. The summed E-state index contributed by atoms with van der Waals surface area (Å²) in [5.74, 6) is 1.80. The van der Waals surface area contributed by atoms with Gasteiger partial charge in [-0.15, -0.1) is 0 Å². The van der Waals surface area contributed by atoms with E-state index in [9.17, 15) is 0 Å². The van der Waals surface area contributed by atoms with E-state index in [-0.39, 0.29) is 0 Å². The number of ether oxygens (including phenoxy) is 1. The van der Waals surface area contributed by atoms with Crippen LogP contribution in [0.25, 0.3) is 0 Å². The Bertz CT molecular complexity index is 329. The van der Waals surface area contributed by atoms with Gasteiger partial charge < -0.3 is 9.64 Å². The van der Waals surface area contributed by atoms with E-state index < -0.39 is 0 Å². The van der Waals surface area contributed by atoms with Crippen molar-refractivity contribution in [2.75, 3.05) is 32.7 Å². The van der Waals surface area contributed by atoms with Gasteiger partial charge in [0.25, 0.3) is 0 Å². The molecule has 1 aliphatic heterocycles. The molecule has 1 heterocycles. The van der Waals surface area contributed by atoms with Gasteiger partial charge in [-0.05, 0) is 71.6 Å². The SMILES string of the molecule is CC(C)O[C@H]1CC[C@H](CC[C@@H](C)CN2CCN(C(C)C)CC2)CC1. The van der Waals surface area contributed by atoms with Gasteiger partial charge in [0, 0.05) is 38.8 Å². The lowest BCUT2D eigenvalue weighted by atomic mass is 9.83. The summed E-state index contributed by atoms with van der Waals surface area (Å²) in [6.45, 7) is 17.8. The van der Waals surface area contributed by atoms with Crippen LogP contribution in [0.2, 0.25) is 0 Å². The lowest BCUT2D eigenvalue weighted by molar-refractivity contribution is -0.0206. The monoisotopic (exact) mass is 338 g/mol. The van der Waals surface area contributed by atoms with Crippen molar-refractivity contribution < 1.29 is 4.74 Å². The van der Waals surface area contributed by atoms with Gasteiger partial charge in [0.05, 0.1) is 12.2 Å². The molecule has 1 atom stereocenters. The quantitative estimate of drug-likeness (QED) is 0.652. The lowest BCUT2D eigenvalue weighted by Gasteiger charge is -2.38. The van der Waals surface area contributed by atoms with Crippen LogP contribution in [-0.2, 0) is 4.74 Å². The van der Waals surface area contributed by atoms with Gasteiger partial charge in [-0.3, -0.25) is 4.90 Å². The van der Waals surface area contributed by atoms with Crippen LogP contribution in [0, 0.1) is 11.8 Å². The number of hydrogen-bond acceptors (Lipinski definition) is 3. The molecule has 24 heavy (non-hydrogen) atoms. The summed E-state index contributed by atoms with van der Waals surface area (Å²) in [6.07, 6.45) is 9.11. The smallest absolute Gasteiger partial charge is 0.0578 e. The highest BCUT2D eigenvalue weighted by molar-refractivity contribution is 4.77. The van der Waals surface area contributed by atoms with Gasteiger partial charge in [-0.1, -0.05) is 13.3 Å². The standard InChI is InChI=1S/C21H42N2O/c1-17(2)23-14-12-22(13-15-23)16-19(5)6-7-20-8-10-21(11-9-20)24-18(3)4/h17-21H,6-16H2,1-5H3/t19-,20-,21-/m1/s1. The summed E-state index contributed by atoms with van der Waals surface area (Å²) >= 11 is 0. The van der Waals surface area contributed by atoms with E-state index in [4.69, 9.17) is 4.74 Å². The number of hydrogen-bond donors (Lipinski definition) is 0. The van der Waals surface area contributed by atoms with Crippen molar-refractivity contribution in [3.8, 4) is 0 Å². The summed E-state index contributed by atoms with van der Waals surface area (Å²) in [5, 5.41) is 0. The molecular weight excluding hydrogens is 296 g/mol. The van der Waals surface area contributed by atoms with E-state index in [0.717, 1.165) is 11.8 Å². The third kappa shape index (κ3) is 7.01. The van der Waals surface area contributed by atoms with E-state index >= 15 is 0 Å². The average Bonchev–Trinajstić information content (AvgIpc) is 2.54. The molecule has 0 aromatic carbocycles. The predicted octanol–water partition coefficient (Wildman–Crippen LogP) is 4.41. The highest BCUT2D eigenvalue weighted by Gasteiger charge is 2.24. The highest BCUT2D eigenvalue weighted by atomic mass is 16.5. The molecule has 1 saturated carbocycles. The first kappa shape index (κ1) is 20.2. The Morgan fingerprint density at radius 2 is 1.50 bits per heavy atom. The minimum absolute atomic E-state index is 0.391. The maximum absolute atomic E-state index is 5.98. The maximum Gasteiger partial charge on any atom is 0.0578 e. The van der Waals surface area contributed by atoms with Crippen LogP contribution in [-0.4, -0.2) is 60.8 Å². The minimum Gasteiger partial charge on any atom is -0.376 e. The van der Waals surface area contributed by atoms with Gasteiger partial charge in [-0.25, -0.2) is 0 Å². The number of rotatable bonds is 8. The van der Waals surface area contributed by atoms with Crippen LogP contribution in [0.4, 0.5) is 0 Å². The third-order valence-electron chi connectivity index (χ3n) is 6.03. The molecule has 0 N–H and O–H groups in total. The van der Waals surface area contributed by atoms with Crippen LogP contribution in [0.3, 0.4) is 0 Å². The molecule has 1 saturated heterocycles. The summed E-state index contributed by atoms with van der Waals surface area (Å²) in [5.41, 5.74) is 0. The molecule has 1 aliphatic carbocycles. The van der Waals surface area contributed by atoms with Crippen molar-refractivity contribution in [3.05, 3.63) is 0 Å². The molecule has 2 aliphatic rings. The Morgan fingerprint density at radius 1 is 0.875 bits per heavy atom. The molecule has 2 fully saturated rings. The Labute approximate surface area is 151 Å². The molecule has 3 nitrogen and oxygen atoms in total. The fraction of sp³-hybridized carbons (Fsp3) is 1.00. The molecule has 0 amide bonds. The predicted molar refractivity (Wildman–Crippen MR) is 104 cm³/mol. The van der Waals surface area contributed by atoms with E-state index in [1.165, 1.54) is 71.2 Å². The molecule has 0 spiro atoms. The van der Waals surface area contributed by atoms with Crippen LogP contribution in [0.15, 0.2) is 0 Å². The van der Waals surface area contributed by atoms with Crippen molar-refractivity contribution >= 4 is 0 Å². The van der Waals surface area contributed by atoms with Crippen LogP contribution in [0.5, 0.6) is 0 Å². The zero-order valence-corrected chi connectivity index (χ0v) is 17.0. The van der Waals surface area contributed by atoms with Crippen molar-refractivity contribution in [1.82, 2.24) is 9.80 Å². The Morgan fingerprint density at radius 3 is 2.04 bits per heavy atom. The Hall–Kier alpha value is -0.120. The highest BCUT2D eigenvalue weighted by Crippen LogP contribution is 2.31. The number of nitrogens with zero attached hydrogens (tertiary/aromatic N) is 2. The third-order valence-corrected chi connectivity index (χ3v) is 6.03. The van der Waals surface area contributed by atoms with Crippen molar-refractivity contribution in [2.24, 2.45) is 11.8 Å². The fourth-order valence-corrected chi connectivity index (χ4v) is 4.46. The summed E-state index contributed by atoms with van der Waals surface area (Å²) in [7, 11) is 0. The Balaban J connectivity index is 1.56. The largest absolute Gasteiger partial charge is 0.376 e. The van der Waals surface area contributed by atoms with E-state index in [2.05, 4.69) is 44.4 Å². The van der Waals surface area contributed by atoms with E-state index in [1.807, 2.05) is 0 Å². The molecule has 0 unspecified atom stereocenters. The van der Waals surface area contributed by atoms with Crippen LogP contribution < -0.4 is 0 Å². The summed E-state index contributed by atoms with van der Waals surface area (Å²) in [6, 6.07) is 0.708. The first-order chi connectivity index (χ1) is 11.4. The van der Waals surface area contributed by atoms with Crippen LogP contribution >= 0.6 is 0 Å². The zero-order chi connectivity index (χ0) is 17.5. The summed E-state index contributed by atoms with van der Waals surface area (Å²) in [4.78, 5) is 5.30. The molecule has 142 valence electrons. The second-order valence-corrected chi connectivity index (χ2v) is 8.94. The molecular formula is C21H42N2O. The average molecular weight is 339 g/mol. The van der Waals surface area contributed by atoms with Crippen molar-refractivity contribution in [2.45, 2.75) is 91.4 Å². The maximum atomic E-state index is 5.98. The van der Waals surface area contributed by atoms with Gasteiger partial charge >= 0.3 is 0 Å². The molecule has 0 aromatic rings. The van der Waals surface area contributed by atoms with Crippen LogP contribution in [0.1, 0.15) is 73.1 Å². The lowest BCUT2D eigenvalue weighted by Crippen LogP contribution is -2.49. The molecule has 2 rings (SSSR count). The van der Waals surface area contributed by atoms with Gasteiger partial charge in [0.2, 0.25) is 0 Å². The first-order valence-electron chi connectivity index (χ1n) is 10.6. The van der Waals surface area contributed by atoms with Crippen molar-refractivity contribution in [3.63, 3.8) is 0 Å². The molecule has 0 bridgehead atoms. The Kier molecular flexibility index (Phi) is 8.53. The zero-order valence-electron chi connectivity index (χ0n) is 17.0. The number of piperazine rings is 1. The van der Waals surface area contributed by atoms with Gasteiger partial charge in [0.15, 0.2) is 0 Å². The fourth-order valence-electron chi connectivity index (χ4n) is 4.46. The van der Waals surface area contributed by atoms with E-state index in [0.29, 0.717) is 18.2 Å². The normalized spacial score (nSPS) is 28.6. The topological polar surface area (TPSA) is 15.7 Å². The molecule has 0 radical (unpaired) electrons. The second-order valence-electron chi connectivity index (χ2n) is 8.94. The minimum atomic E-state index is 0.391. The summed E-state index contributed by atoms with van der Waals surface area (Å²) < 4.78 is 5.98.